The first-order valence-corrected chi connectivity index (χ1v) is 10.2. The van der Waals surface area contributed by atoms with E-state index in [2.05, 4.69) is 78.4 Å². The zero-order valence-corrected chi connectivity index (χ0v) is 16.5. The van der Waals surface area contributed by atoms with Crippen molar-refractivity contribution in [3.63, 3.8) is 0 Å². The van der Waals surface area contributed by atoms with E-state index in [9.17, 15) is 0 Å². The molecule has 0 aliphatic heterocycles. The zero-order chi connectivity index (χ0) is 18.8. The second kappa shape index (κ2) is 7.55. The molecule has 27 heavy (non-hydrogen) atoms. The van der Waals surface area contributed by atoms with Crippen LogP contribution in [0, 0.1) is 0 Å². The number of hydrogen-bond donors (Lipinski definition) is 0. The Morgan fingerprint density at radius 3 is 1.56 bits per heavy atom. The molecular formula is C23H28N4. The lowest BCUT2D eigenvalue weighted by Gasteiger charge is -2.18. The van der Waals surface area contributed by atoms with E-state index in [1.807, 2.05) is 0 Å². The summed E-state index contributed by atoms with van der Waals surface area (Å²) in [7, 11) is 0. The summed E-state index contributed by atoms with van der Waals surface area (Å²) in [5, 5.41) is 0. The van der Waals surface area contributed by atoms with Crippen molar-refractivity contribution in [2.45, 2.75) is 59.0 Å². The predicted octanol–water partition coefficient (Wildman–Crippen LogP) is 5.75. The number of fused-ring (bicyclic) bond motifs is 2. The Bertz CT molecular complexity index is 973. The fraction of sp³-hybridized carbons (Fsp3) is 0.391. The maximum atomic E-state index is 5.06. The number of benzene rings is 2. The van der Waals surface area contributed by atoms with Gasteiger partial charge < -0.3 is 9.13 Å². The van der Waals surface area contributed by atoms with Gasteiger partial charge in [-0.25, -0.2) is 9.97 Å². The lowest BCUT2D eigenvalue weighted by atomic mass is 10.0. The average molecular weight is 361 g/mol. The van der Waals surface area contributed by atoms with E-state index in [4.69, 9.17) is 9.97 Å². The van der Waals surface area contributed by atoms with Gasteiger partial charge in [0.05, 0.1) is 28.0 Å². The van der Waals surface area contributed by atoms with Gasteiger partial charge in [0.15, 0.2) is 0 Å². The second-order valence-electron chi connectivity index (χ2n) is 7.18. The molecule has 0 unspecified atom stereocenters. The molecule has 0 aliphatic rings. The van der Waals surface area contributed by atoms with Gasteiger partial charge >= 0.3 is 0 Å². The van der Waals surface area contributed by atoms with Gasteiger partial charge in [-0.05, 0) is 43.5 Å². The van der Waals surface area contributed by atoms with Crippen LogP contribution in [0.25, 0.3) is 22.1 Å². The van der Waals surface area contributed by atoms with Crippen LogP contribution >= 0.6 is 0 Å². The fourth-order valence-corrected chi connectivity index (χ4v) is 4.12. The van der Waals surface area contributed by atoms with Crippen LogP contribution in [0.15, 0.2) is 48.5 Å². The highest BCUT2D eigenvalue weighted by Gasteiger charge is 2.25. The molecule has 140 valence electrons. The molecule has 0 radical (unpaired) electrons. The highest BCUT2D eigenvalue weighted by Crippen LogP contribution is 2.32. The van der Waals surface area contributed by atoms with Crippen molar-refractivity contribution in [3.05, 3.63) is 60.2 Å². The molecule has 2 aromatic heterocycles. The van der Waals surface area contributed by atoms with Gasteiger partial charge in [0.2, 0.25) is 0 Å². The van der Waals surface area contributed by atoms with Crippen molar-refractivity contribution in [2.24, 2.45) is 0 Å². The number of rotatable bonds is 7. The van der Waals surface area contributed by atoms with Crippen molar-refractivity contribution >= 4 is 22.1 Å². The summed E-state index contributed by atoms with van der Waals surface area (Å²) in [6.07, 6.45) is 3.17. The smallest absolute Gasteiger partial charge is 0.120 e. The normalized spacial score (nSPS) is 11.9. The highest BCUT2D eigenvalue weighted by atomic mass is 15.1. The number of aromatic nitrogens is 4. The topological polar surface area (TPSA) is 35.6 Å². The number of imidazole rings is 2. The fourth-order valence-electron chi connectivity index (χ4n) is 4.12. The lowest BCUT2D eigenvalue weighted by Crippen LogP contribution is -2.15. The summed E-state index contributed by atoms with van der Waals surface area (Å²) in [5.74, 6) is 2.49. The standard InChI is InChI=1S/C23H28N4/c1-4-15-26-20-13-9-7-11-18(20)24-22(26)17(6-3)23-25-19-12-8-10-14-21(19)27(23)16-5-2/h7-14,17H,4-6,15-16H2,1-3H3. The first-order chi connectivity index (χ1) is 13.3. The Kier molecular flexibility index (Phi) is 4.97. The van der Waals surface area contributed by atoms with Crippen molar-refractivity contribution < 1.29 is 0 Å². The molecule has 4 rings (SSSR count). The Hall–Kier alpha value is -2.62. The average Bonchev–Trinajstić information content (AvgIpc) is 3.23. The molecule has 0 amide bonds. The van der Waals surface area contributed by atoms with E-state index in [0.717, 1.165) is 55.0 Å². The van der Waals surface area contributed by atoms with Crippen LogP contribution in [0.5, 0.6) is 0 Å². The molecule has 0 saturated heterocycles. The molecule has 0 N–H and O–H groups in total. The number of aryl methyl sites for hydroxylation is 2. The number of para-hydroxylation sites is 4. The molecule has 0 atom stereocenters. The van der Waals surface area contributed by atoms with E-state index in [0.29, 0.717) is 0 Å². The Labute approximate surface area is 160 Å². The maximum Gasteiger partial charge on any atom is 0.120 e. The molecule has 0 aliphatic carbocycles. The minimum absolute atomic E-state index is 0.197. The second-order valence-corrected chi connectivity index (χ2v) is 7.18. The van der Waals surface area contributed by atoms with Gasteiger partial charge in [-0.1, -0.05) is 45.0 Å². The van der Waals surface area contributed by atoms with Crippen LogP contribution in [0.1, 0.15) is 57.6 Å². The Balaban J connectivity index is 1.93. The summed E-state index contributed by atoms with van der Waals surface area (Å²) in [4.78, 5) is 10.1. The first-order valence-electron chi connectivity index (χ1n) is 10.2. The van der Waals surface area contributed by atoms with Crippen LogP contribution in [0.3, 0.4) is 0 Å². The molecule has 0 spiro atoms. The maximum absolute atomic E-state index is 5.06. The van der Waals surface area contributed by atoms with Crippen LogP contribution in [0.2, 0.25) is 0 Å². The summed E-state index contributed by atoms with van der Waals surface area (Å²) >= 11 is 0. The van der Waals surface area contributed by atoms with Crippen molar-refractivity contribution in [1.82, 2.24) is 19.1 Å². The SMILES string of the molecule is CCCn1c(C(CC)c2nc3ccccc3n2CCC)nc2ccccc21. The molecule has 0 saturated carbocycles. The summed E-state index contributed by atoms with van der Waals surface area (Å²) in [6.45, 7) is 8.67. The van der Waals surface area contributed by atoms with Gasteiger partial charge in [0, 0.05) is 13.1 Å². The third-order valence-corrected chi connectivity index (χ3v) is 5.29. The third kappa shape index (κ3) is 3.03. The van der Waals surface area contributed by atoms with Crippen molar-refractivity contribution in [1.29, 1.82) is 0 Å². The molecule has 0 fully saturated rings. The van der Waals surface area contributed by atoms with Crippen molar-refractivity contribution in [3.8, 4) is 0 Å². The summed E-state index contributed by atoms with van der Waals surface area (Å²) < 4.78 is 4.80. The quantitative estimate of drug-likeness (QED) is 0.421. The van der Waals surface area contributed by atoms with Gasteiger partial charge in [-0.15, -0.1) is 0 Å². The van der Waals surface area contributed by atoms with Crippen LogP contribution in [-0.2, 0) is 13.1 Å². The van der Waals surface area contributed by atoms with Crippen LogP contribution in [-0.4, -0.2) is 19.1 Å². The van der Waals surface area contributed by atoms with Crippen LogP contribution in [0.4, 0.5) is 0 Å². The summed E-state index contributed by atoms with van der Waals surface area (Å²) in [6, 6.07) is 17.0. The first kappa shape index (κ1) is 17.8. The van der Waals surface area contributed by atoms with E-state index >= 15 is 0 Å². The molecule has 4 aromatic rings. The molecule has 0 bridgehead atoms. The van der Waals surface area contributed by atoms with E-state index in [-0.39, 0.29) is 5.92 Å². The molecule has 4 heteroatoms. The minimum atomic E-state index is 0.197. The van der Waals surface area contributed by atoms with Gasteiger partial charge in [0.1, 0.15) is 11.6 Å². The van der Waals surface area contributed by atoms with Crippen LogP contribution < -0.4 is 0 Å². The Morgan fingerprint density at radius 2 is 1.15 bits per heavy atom. The molecule has 2 aromatic carbocycles. The number of hydrogen-bond acceptors (Lipinski definition) is 2. The van der Waals surface area contributed by atoms with Gasteiger partial charge in [-0.2, -0.15) is 0 Å². The molecular weight excluding hydrogens is 332 g/mol. The Morgan fingerprint density at radius 1 is 0.704 bits per heavy atom. The highest BCUT2D eigenvalue weighted by molar-refractivity contribution is 5.77. The monoisotopic (exact) mass is 360 g/mol. The van der Waals surface area contributed by atoms with E-state index in [1.165, 1.54) is 11.0 Å². The number of nitrogens with zero attached hydrogens (tertiary/aromatic N) is 4. The van der Waals surface area contributed by atoms with Gasteiger partial charge in [0.25, 0.3) is 0 Å². The molecule has 2 heterocycles. The third-order valence-electron chi connectivity index (χ3n) is 5.29. The van der Waals surface area contributed by atoms with E-state index in [1.54, 1.807) is 0 Å². The predicted molar refractivity (Wildman–Crippen MR) is 112 cm³/mol. The van der Waals surface area contributed by atoms with Gasteiger partial charge in [-0.3, -0.25) is 0 Å². The molecule has 4 nitrogen and oxygen atoms in total. The lowest BCUT2D eigenvalue weighted by molar-refractivity contribution is 0.558. The summed E-state index contributed by atoms with van der Waals surface area (Å²) in [5.41, 5.74) is 4.62. The van der Waals surface area contributed by atoms with Crippen molar-refractivity contribution in [2.75, 3.05) is 0 Å². The van der Waals surface area contributed by atoms with E-state index < -0.39 is 0 Å². The largest absolute Gasteiger partial charge is 0.327 e. The zero-order valence-electron chi connectivity index (χ0n) is 16.5. The minimum Gasteiger partial charge on any atom is -0.327 e.